The van der Waals surface area contributed by atoms with Gasteiger partial charge in [0.15, 0.2) is 5.71 Å². The molecule has 21 heavy (non-hydrogen) atoms. The van der Waals surface area contributed by atoms with Crippen LogP contribution < -0.4 is 0 Å². The first kappa shape index (κ1) is 15.2. The Balaban J connectivity index is 2.51. The minimum absolute atomic E-state index is 0.323. The zero-order chi connectivity index (χ0) is 15.6. The number of benzene rings is 1. The molecule has 0 bridgehead atoms. The van der Waals surface area contributed by atoms with Crippen molar-refractivity contribution in [1.82, 2.24) is 15.0 Å². The fraction of sp³-hybridized carbons (Fsp3) is 0.357. The molecular weight excluding hydrogens is 281 g/mol. The number of hydrogen-bond acceptors (Lipinski definition) is 3. The highest BCUT2D eigenvalue weighted by molar-refractivity contribution is 6.21. The summed E-state index contributed by atoms with van der Waals surface area (Å²) < 4.78 is 40.7. The van der Waals surface area contributed by atoms with Crippen LogP contribution in [0.1, 0.15) is 20.3 Å². The van der Waals surface area contributed by atoms with E-state index in [1.54, 1.807) is 38.1 Å². The number of halogens is 3. The van der Waals surface area contributed by atoms with Gasteiger partial charge in [-0.1, -0.05) is 30.8 Å². The molecule has 0 spiro atoms. The number of para-hydroxylation sites is 1. The van der Waals surface area contributed by atoms with Crippen LogP contribution in [0.5, 0.6) is 0 Å². The fourth-order valence-corrected chi connectivity index (χ4v) is 1.79. The molecule has 0 aliphatic carbocycles. The van der Waals surface area contributed by atoms with Gasteiger partial charge >= 0.3 is 6.18 Å². The van der Waals surface area contributed by atoms with Gasteiger partial charge in [-0.3, -0.25) is 4.99 Å². The largest absolute Gasteiger partial charge is 0.435 e. The van der Waals surface area contributed by atoms with E-state index in [0.717, 1.165) is 4.68 Å². The van der Waals surface area contributed by atoms with Crippen molar-refractivity contribution in [1.29, 1.82) is 0 Å². The number of rotatable bonds is 4. The molecule has 0 fully saturated rings. The van der Waals surface area contributed by atoms with E-state index < -0.39 is 17.9 Å². The Kier molecular flexibility index (Phi) is 4.11. The fourth-order valence-electron chi connectivity index (χ4n) is 1.79. The predicted molar refractivity (Wildman–Crippen MR) is 76.1 cm³/mol. The standard InChI is InChI=1S/C14H15F3N4/c1-4-9(2)18-13(14(15,16)17)10(3)21-12-8-6-5-7-11(12)19-20-21/h5-9H,3-4H2,1-2H3. The number of fused-ring (bicyclic) bond motifs is 1. The maximum absolute atomic E-state index is 13.2. The smallest absolute Gasteiger partial charge is 0.276 e. The van der Waals surface area contributed by atoms with E-state index in [0.29, 0.717) is 17.5 Å². The average Bonchev–Trinajstić information content (AvgIpc) is 2.86. The van der Waals surface area contributed by atoms with Crippen LogP contribution in [-0.4, -0.2) is 32.9 Å². The van der Waals surface area contributed by atoms with Crippen LogP contribution in [0.2, 0.25) is 0 Å². The molecule has 2 rings (SSSR count). The molecule has 4 nitrogen and oxygen atoms in total. The van der Waals surface area contributed by atoms with Gasteiger partial charge in [0.1, 0.15) is 5.52 Å². The van der Waals surface area contributed by atoms with Crippen LogP contribution in [0, 0.1) is 0 Å². The molecule has 0 radical (unpaired) electrons. The Labute approximate surface area is 120 Å². The summed E-state index contributed by atoms with van der Waals surface area (Å²) in [5.41, 5.74) is -0.378. The van der Waals surface area contributed by atoms with Crippen LogP contribution in [0.4, 0.5) is 13.2 Å². The Morgan fingerprint density at radius 3 is 2.67 bits per heavy atom. The summed E-state index contributed by atoms with van der Waals surface area (Å²) >= 11 is 0. The summed E-state index contributed by atoms with van der Waals surface area (Å²) in [4.78, 5) is 3.73. The number of aromatic nitrogens is 3. The summed E-state index contributed by atoms with van der Waals surface area (Å²) in [7, 11) is 0. The maximum Gasteiger partial charge on any atom is 0.435 e. The van der Waals surface area contributed by atoms with E-state index in [1.165, 1.54) is 0 Å². The lowest BCUT2D eigenvalue weighted by Crippen LogP contribution is -2.28. The van der Waals surface area contributed by atoms with Crippen molar-refractivity contribution in [2.75, 3.05) is 0 Å². The van der Waals surface area contributed by atoms with Crippen molar-refractivity contribution in [3.63, 3.8) is 0 Å². The van der Waals surface area contributed by atoms with Crippen molar-refractivity contribution >= 4 is 22.4 Å². The number of aliphatic imine (C=N–C) groups is 1. The summed E-state index contributed by atoms with van der Waals surface area (Å²) in [6.07, 6.45) is -4.08. The van der Waals surface area contributed by atoms with Crippen molar-refractivity contribution in [2.24, 2.45) is 4.99 Å². The van der Waals surface area contributed by atoms with E-state index >= 15 is 0 Å². The number of allylic oxidation sites excluding steroid dienone is 1. The molecular formula is C14H15F3N4. The SMILES string of the molecule is C=C(C(=NC(C)CC)C(F)(F)F)n1nnc2ccccc21. The Morgan fingerprint density at radius 2 is 2.05 bits per heavy atom. The van der Waals surface area contributed by atoms with Gasteiger partial charge in [-0.25, -0.2) is 4.68 Å². The van der Waals surface area contributed by atoms with E-state index in [-0.39, 0.29) is 5.70 Å². The number of alkyl halides is 3. The molecule has 0 saturated carbocycles. The van der Waals surface area contributed by atoms with Crippen LogP contribution >= 0.6 is 0 Å². The first-order chi connectivity index (χ1) is 9.84. The van der Waals surface area contributed by atoms with E-state index in [2.05, 4.69) is 21.9 Å². The van der Waals surface area contributed by atoms with Crippen molar-refractivity contribution in [3.05, 3.63) is 30.8 Å². The molecule has 1 aromatic carbocycles. The van der Waals surface area contributed by atoms with Gasteiger partial charge in [0, 0.05) is 6.04 Å². The van der Waals surface area contributed by atoms with Crippen LogP contribution in [0.3, 0.4) is 0 Å². The third-order valence-electron chi connectivity index (χ3n) is 3.09. The third-order valence-corrected chi connectivity index (χ3v) is 3.09. The quantitative estimate of drug-likeness (QED) is 0.807. The topological polar surface area (TPSA) is 43.1 Å². The molecule has 7 heteroatoms. The van der Waals surface area contributed by atoms with Gasteiger partial charge < -0.3 is 0 Å². The highest BCUT2D eigenvalue weighted by Crippen LogP contribution is 2.26. The number of hydrogen-bond donors (Lipinski definition) is 0. The summed E-state index contributed by atoms with van der Waals surface area (Å²) in [5.74, 6) is 0. The van der Waals surface area contributed by atoms with E-state index in [9.17, 15) is 13.2 Å². The summed E-state index contributed by atoms with van der Waals surface area (Å²) in [6.45, 7) is 6.91. The van der Waals surface area contributed by atoms with Gasteiger partial charge in [-0.05, 0) is 25.5 Å². The van der Waals surface area contributed by atoms with E-state index in [1.807, 2.05) is 0 Å². The monoisotopic (exact) mass is 296 g/mol. The predicted octanol–water partition coefficient (Wildman–Crippen LogP) is 3.70. The van der Waals surface area contributed by atoms with Crippen molar-refractivity contribution in [2.45, 2.75) is 32.5 Å². The first-order valence-corrected chi connectivity index (χ1v) is 6.49. The summed E-state index contributed by atoms with van der Waals surface area (Å²) in [6, 6.07) is 6.30. The first-order valence-electron chi connectivity index (χ1n) is 6.49. The second kappa shape index (κ2) is 5.67. The molecule has 2 aromatic rings. The minimum atomic E-state index is -4.59. The van der Waals surface area contributed by atoms with Gasteiger partial charge in [0.25, 0.3) is 0 Å². The van der Waals surface area contributed by atoms with Gasteiger partial charge in [0.05, 0.1) is 11.2 Å². The Bertz CT molecular complexity index is 685. The van der Waals surface area contributed by atoms with Gasteiger partial charge in [-0.2, -0.15) is 13.2 Å². The maximum atomic E-state index is 13.2. The molecule has 0 amide bonds. The lowest BCUT2D eigenvalue weighted by Gasteiger charge is -2.15. The van der Waals surface area contributed by atoms with Crippen LogP contribution in [0.15, 0.2) is 35.8 Å². The Hall–Kier alpha value is -2.18. The second-order valence-electron chi connectivity index (χ2n) is 4.67. The zero-order valence-electron chi connectivity index (χ0n) is 11.7. The lowest BCUT2D eigenvalue weighted by molar-refractivity contribution is -0.0577. The molecule has 1 aromatic heterocycles. The Morgan fingerprint density at radius 1 is 1.38 bits per heavy atom. The molecule has 0 N–H and O–H groups in total. The van der Waals surface area contributed by atoms with Crippen LogP contribution in [0.25, 0.3) is 16.7 Å². The van der Waals surface area contributed by atoms with Gasteiger partial charge in [-0.15, -0.1) is 5.10 Å². The van der Waals surface area contributed by atoms with Crippen LogP contribution in [-0.2, 0) is 0 Å². The minimum Gasteiger partial charge on any atom is -0.276 e. The normalized spacial score (nSPS) is 14.4. The zero-order valence-corrected chi connectivity index (χ0v) is 11.7. The molecule has 1 unspecified atom stereocenters. The van der Waals surface area contributed by atoms with Crippen molar-refractivity contribution in [3.8, 4) is 0 Å². The van der Waals surface area contributed by atoms with Gasteiger partial charge in [0.2, 0.25) is 0 Å². The lowest BCUT2D eigenvalue weighted by atomic mass is 10.2. The highest BCUT2D eigenvalue weighted by Gasteiger charge is 2.39. The third kappa shape index (κ3) is 3.12. The van der Waals surface area contributed by atoms with Crippen molar-refractivity contribution < 1.29 is 13.2 Å². The molecule has 0 aliphatic heterocycles. The molecule has 1 heterocycles. The molecule has 0 aliphatic rings. The average molecular weight is 296 g/mol. The summed E-state index contributed by atoms with van der Waals surface area (Å²) in [5, 5.41) is 7.58. The molecule has 0 saturated heterocycles. The van der Waals surface area contributed by atoms with E-state index in [4.69, 9.17) is 0 Å². The second-order valence-corrected chi connectivity index (χ2v) is 4.67. The highest BCUT2D eigenvalue weighted by atomic mass is 19.4. The number of nitrogens with zero attached hydrogens (tertiary/aromatic N) is 4. The molecule has 1 atom stereocenters. The molecule has 112 valence electrons.